The molecule has 0 atom stereocenters. The number of benzene rings is 3. The Balaban J connectivity index is 1.92. The molecule has 29 heavy (non-hydrogen) atoms. The van der Waals surface area contributed by atoms with Crippen molar-refractivity contribution in [1.29, 1.82) is 5.26 Å². The number of hydrogen-bond donors (Lipinski definition) is 0. The van der Waals surface area contributed by atoms with Gasteiger partial charge in [-0.15, -0.1) is 0 Å². The third-order valence-corrected chi connectivity index (χ3v) is 4.92. The molecule has 0 amide bonds. The van der Waals surface area contributed by atoms with Gasteiger partial charge in [-0.3, -0.25) is 0 Å². The predicted octanol–water partition coefficient (Wildman–Crippen LogP) is 6.22. The molecule has 0 aliphatic heterocycles. The molecule has 0 aliphatic carbocycles. The topological polar surface area (TPSA) is 42.2 Å². The lowest BCUT2D eigenvalue weighted by molar-refractivity contribution is 0.282. The molecule has 0 unspecified atom stereocenters. The molecule has 6 heteroatoms. The summed E-state index contributed by atoms with van der Waals surface area (Å²) < 4.78 is 39.4. The minimum Gasteiger partial charge on any atom is -0.493 e. The summed E-state index contributed by atoms with van der Waals surface area (Å²) in [5.41, 5.74) is 1.80. The van der Waals surface area contributed by atoms with Crippen molar-refractivity contribution in [3.63, 3.8) is 0 Å². The Morgan fingerprint density at radius 3 is 2.59 bits per heavy atom. The second-order valence-electron chi connectivity index (χ2n) is 6.10. The minimum absolute atomic E-state index is 0.179. The zero-order chi connectivity index (χ0) is 20.8. The summed E-state index contributed by atoms with van der Waals surface area (Å²) in [5, 5.41) is 9.47. The first kappa shape index (κ1) is 20.8. The second-order valence-corrected chi connectivity index (χ2v) is 7.26. The van der Waals surface area contributed by atoms with Crippen molar-refractivity contribution in [3.05, 3.63) is 92.6 Å². The van der Waals surface area contributed by atoms with Crippen LogP contribution in [0, 0.1) is 26.5 Å². The number of ether oxygens (including phenoxy) is 2. The normalized spacial score (nSPS) is 11.1. The molecule has 3 nitrogen and oxygen atoms in total. The van der Waals surface area contributed by atoms with E-state index in [-0.39, 0.29) is 23.6 Å². The zero-order valence-corrected chi connectivity index (χ0v) is 17.6. The highest BCUT2D eigenvalue weighted by atomic mass is 127. The van der Waals surface area contributed by atoms with Gasteiger partial charge in [0.1, 0.15) is 18.2 Å². The van der Waals surface area contributed by atoms with Crippen LogP contribution in [0.25, 0.3) is 11.6 Å². The van der Waals surface area contributed by atoms with E-state index in [0.717, 1.165) is 3.57 Å². The fourth-order valence-corrected chi connectivity index (χ4v) is 3.54. The van der Waals surface area contributed by atoms with Crippen LogP contribution in [-0.2, 0) is 6.61 Å². The van der Waals surface area contributed by atoms with Gasteiger partial charge < -0.3 is 9.47 Å². The van der Waals surface area contributed by atoms with Gasteiger partial charge in [0.25, 0.3) is 0 Å². The first-order valence-corrected chi connectivity index (χ1v) is 9.71. The van der Waals surface area contributed by atoms with Crippen LogP contribution in [0.2, 0.25) is 0 Å². The van der Waals surface area contributed by atoms with Gasteiger partial charge in [0.15, 0.2) is 11.5 Å². The molecule has 0 saturated heterocycles. The van der Waals surface area contributed by atoms with Gasteiger partial charge in [-0.25, -0.2) is 8.78 Å². The van der Waals surface area contributed by atoms with Gasteiger partial charge in [-0.1, -0.05) is 30.3 Å². The van der Waals surface area contributed by atoms with Crippen LogP contribution < -0.4 is 9.47 Å². The molecule has 3 rings (SSSR count). The molecule has 0 bridgehead atoms. The van der Waals surface area contributed by atoms with Crippen LogP contribution in [0.1, 0.15) is 16.7 Å². The van der Waals surface area contributed by atoms with E-state index in [1.165, 1.54) is 25.3 Å². The van der Waals surface area contributed by atoms with Crippen molar-refractivity contribution in [2.24, 2.45) is 0 Å². The van der Waals surface area contributed by atoms with Crippen molar-refractivity contribution in [3.8, 4) is 17.6 Å². The molecular weight excluding hydrogens is 487 g/mol. The number of methoxy groups -OCH3 is 1. The quantitative estimate of drug-likeness (QED) is 0.228. The van der Waals surface area contributed by atoms with Crippen LogP contribution in [0.3, 0.4) is 0 Å². The summed E-state index contributed by atoms with van der Waals surface area (Å²) in [6.07, 6.45) is 1.60. The lowest BCUT2D eigenvalue weighted by Gasteiger charge is -2.14. The van der Waals surface area contributed by atoms with E-state index in [4.69, 9.17) is 9.47 Å². The Morgan fingerprint density at radius 2 is 1.90 bits per heavy atom. The molecule has 3 aromatic carbocycles. The van der Waals surface area contributed by atoms with Gasteiger partial charge in [0.2, 0.25) is 0 Å². The molecule has 0 aliphatic rings. The van der Waals surface area contributed by atoms with Crippen LogP contribution in [-0.4, -0.2) is 7.11 Å². The summed E-state index contributed by atoms with van der Waals surface area (Å²) in [6, 6.07) is 17.9. The monoisotopic (exact) mass is 503 g/mol. The maximum Gasteiger partial charge on any atom is 0.174 e. The largest absolute Gasteiger partial charge is 0.493 e. The molecule has 146 valence electrons. The lowest BCUT2D eigenvalue weighted by Crippen LogP contribution is -2.00. The number of nitriles is 1. The highest BCUT2D eigenvalue weighted by molar-refractivity contribution is 14.1. The maximum absolute atomic E-state index is 14.0. The molecule has 0 saturated carbocycles. The van der Waals surface area contributed by atoms with Crippen molar-refractivity contribution in [2.45, 2.75) is 6.61 Å². The van der Waals surface area contributed by atoms with Crippen molar-refractivity contribution < 1.29 is 18.3 Å². The van der Waals surface area contributed by atoms with E-state index in [2.05, 4.69) is 22.6 Å². The smallest absolute Gasteiger partial charge is 0.174 e. The Bertz CT molecular complexity index is 1110. The summed E-state index contributed by atoms with van der Waals surface area (Å²) in [5.74, 6) is 0.187. The summed E-state index contributed by atoms with van der Waals surface area (Å²) in [4.78, 5) is 0. The standard InChI is InChI=1S/C23H16F2INO2/c1-28-22-12-16(9-17(13-27)19-7-2-3-8-20(19)25)11-21(26)23(22)29-14-15-5-4-6-18(24)10-15/h2-12H,14H2,1H3/b17-9-. The van der Waals surface area contributed by atoms with E-state index in [1.807, 2.05) is 12.1 Å². The Kier molecular flexibility index (Phi) is 6.83. The molecular formula is C23H16F2INO2. The Labute approximate surface area is 181 Å². The molecule has 0 spiro atoms. The van der Waals surface area contributed by atoms with Gasteiger partial charge in [-0.05, 0) is 70.1 Å². The number of nitrogens with zero attached hydrogens (tertiary/aromatic N) is 1. The van der Waals surface area contributed by atoms with Crippen LogP contribution in [0.5, 0.6) is 11.5 Å². The van der Waals surface area contributed by atoms with Crippen molar-refractivity contribution in [1.82, 2.24) is 0 Å². The Morgan fingerprint density at radius 1 is 1.10 bits per heavy atom. The Hall–Kier alpha value is -2.92. The third kappa shape index (κ3) is 5.12. The summed E-state index contributed by atoms with van der Waals surface area (Å²) >= 11 is 2.10. The zero-order valence-electron chi connectivity index (χ0n) is 15.5. The molecule has 0 N–H and O–H groups in total. The fourth-order valence-electron chi connectivity index (χ4n) is 2.76. The molecule has 0 fully saturated rings. The number of halogens is 3. The fraction of sp³-hybridized carbons (Fsp3) is 0.0870. The molecule has 0 heterocycles. The lowest BCUT2D eigenvalue weighted by atomic mass is 10.0. The van der Waals surface area contributed by atoms with Crippen molar-refractivity contribution in [2.75, 3.05) is 7.11 Å². The molecule has 0 radical (unpaired) electrons. The average molecular weight is 503 g/mol. The van der Waals surface area contributed by atoms with Crippen molar-refractivity contribution >= 4 is 34.2 Å². The molecule has 0 aromatic heterocycles. The third-order valence-electron chi connectivity index (χ3n) is 4.12. The van der Waals surface area contributed by atoms with E-state index in [9.17, 15) is 14.0 Å². The van der Waals surface area contributed by atoms with Crippen LogP contribution in [0.4, 0.5) is 8.78 Å². The predicted molar refractivity (Wildman–Crippen MR) is 116 cm³/mol. The number of hydrogen-bond acceptors (Lipinski definition) is 3. The summed E-state index contributed by atoms with van der Waals surface area (Å²) in [7, 11) is 1.51. The first-order valence-electron chi connectivity index (χ1n) is 8.63. The van der Waals surface area contributed by atoms with Gasteiger partial charge in [-0.2, -0.15) is 5.26 Å². The number of rotatable bonds is 6. The summed E-state index contributed by atoms with van der Waals surface area (Å²) in [6.45, 7) is 0.179. The maximum atomic E-state index is 14.0. The van der Waals surface area contributed by atoms with E-state index in [1.54, 1.807) is 42.5 Å². The van der Waals surface area contributed by atoms with E-state index >= 15 is 0 Å². The van der Waals surface area contributed by atoms with E-state index in [0.29, 0.717) is 22.6 Å². The SMILES string of the molecule is COc1cc(/C=C(/C#N)c2ccccc2F)cc(I)c1OCc1cccc(F)c1. The van der Waals surface area contributed by atoms with Crippen LogP contribution in [0.15, 0.2) is 60.7 Å². The first-order chi connectivity index (χ1) is 14.0. The second kappa shape index (κ2) is 9.52. The van der Waals surface area contributed by atoms with E-state index < -0.39 is 5.82 Å². The average Bonchev–Trinajstić information content (AvgIpc) is 2.71. The number of allylic oxidation sites excluding steroid dienone is 1. The van der Waals surface area contributed by atoms with Gasteiger partial charge in [0.05, 0.1) is 22.3 Å². The highest BCUT2D eigenvalue weighted by Crippen LogP contribution is 2.35. The highest BCUT2D eigenvalue weighted by Gasteiger charge is 2.13. The van der Waals surface area contributed by atoms with Crippen LogP contribution >= 0.6 is 22.6 Å². The molecule has 3 aromatic rings. The minimum atomic E-state index is -0.461. The van der Waals surface area contributed by atoms with Gasteiger partial charge in [0, 0.05) is 5.56 Å². The van der Waals surface area contributed by atoms with Gasteiger partial charge >= 0.3 is 0 Å².